The maximum atomic E-state index is 11.6. The molecule has 0 atom stereocenters. The van der Waals surface area contributed by atoms with Crippen LogP contribution in [-0.4, -0.2) is 573 Å². The Morgan fingerprint density at radius 3 is 0.430 bits per heavy atom. The van der Waals surface area contributed by atoms with Crippen LogP contribution in [0.5, 0.6) is 0 Å². The van der Waals surface area contributed by atoms with Gasteiger partial charge in [-0.1, -0.05) is 0 Å². The lowest BCUT2D eigenvalue weighted by molar-refractivity contribution is -0.124. The second-order valence-corrected chi connectivity index (χ2v) is 28.0. The first-order chi connectivity index (χ1) is 55.4. The zero-order valence-electron chi connectivity index (χ0n) is 71.8. The van der Waals surface area contributed by atoms with E-state index in [1.165, 1.54) is 56.3 Å². The number of hydrogen-bond donors (Lipinski definition) is 7. The van der Waals surface area contributed by atoms with Crippen molar-refractivity contribution in [3.05, 3.63) is 31.0 Å². The van der Waals surface area contributed by atoms with E-state index in [0.717, 1.165) is 98.2 Å². The number of aliphatic hydroxyl groups excluding tert-OH is 7. The maximum absolute atomic E-state index is 11.6. The molecule has 0 heterocycles. The minimum Gasteiger partial charge on any atom is -0.395 e. The van der Waals surface area contributed by atoms with Crippen LogP contribution in [0.15, 0.2) is 31.0 Å². The average molecular weight is 1630 g/mol. The lowest BCUT2D eigenvalue weighted by atomic mass is 10.3. The van der Waals surface area contributed by atoms with E-state index in [0.29, 0.717) is 229 Å². The van der Waals surface area contributed by atoms with E-state index in [4.69, 9.17) is 24.2 Å². The standard InChI is InChI=1S/C77H156N20O17/c1-11-110-93(61-73-105)49-25-81(9)19-18-79(7)21-28-84(34-35-86(40-43-91(57-69-101)58-70-102)36-38-88(46-51-95(63-75-107)112-13-3)47-52-96(64-76-108)113-14-4)32-33-85(39-42-89(54-66-98)48-53-97(65-77-109)114-15-5)29-23-82(10)22-27-83(26-20-78(6)16-17-80(8)24-30-90(55-67-99)56-68-100)31-37-87(41-44-92(59-71-103)60-72-104)45-50-94(62-74-106)111-12-2/h61-65,98-104H,11-60,66-72H2,1-10H3. The molecule has 0 fully saturated rings. The van der Waals surface area contributed by atoms with Crippen LogP contribution in [0.1, 0.15) is 34.6 Å². The highest BCUT2D eigenvalue weighted by Crippen LogP contribution is 2.08. The van der Waals surface area contributed by atoms with Gasteiger partial charge in [-0.2, -0.15) is 0 Å². The van der Waals surface area contributed by atoms with Crippen LogP contribution in [0.2, 0.25) is 0 Å². The topological polar surface area (TPSA) is 338 Å². The van der Waals surface area contributed by atoms with Gasteiger partial charge in [0.05, 0.1) is 112 Å². The summed E-state index contributed by atoms with van der Waals surface area (Å²) in [7, 11) is 10.6. The van der Waals surface area contributed by atoms with Gasteiger partial charge >= 0.3 is 0 Å². The Labute approximate surface area is 684 Å². The molecule has 0 amide bonds. The fourth-order valence-corrected chi connectivity index (χ4v) is 12.3. The summed E-state index contributed by atoms with van der Waals surface area (Å²) in [4.78, 5) is 120. The smallest absolute Gasteiger partial charge is 0.144 e. The molecule has 0 spiro atoms. The molecule has 0 aliphatic carbocycles. The van der Waals surface area contributed by atoms with Crippen molar-refractivity contribution in [2.24, 2.45) is 0 Å². The maximum Gasteiger partial charge on any atom is 0.144 e. The van der Waals surface area contributed by atoms with Crippen molar-refractivity contribution < 1.29 is 83.9 Å². The number of likely N-dealkylation sites (N-methyl/N-ethyl adjacent to an activating group) is 5. The number of carbonyl (C=O) groups excluding carboxylic acids is 5. The molecule has 0 unspecified atom stereocenters. The summed E-state index contributed by atoms with van der Waals surface area (Å²) < 4.78 is 0. The molecule has 7 N–H and O–H groups in total. The second kappa shape index (κ2) is 76.8. The van der Waals surface area contributed by atoms with Crippen molar-refractivity contribution in [1.29, 1.82) is 0 Å². The highest BCUT2D eigenvalue weighted by Gasteiger charge is 2.22. The summed E-state index contributed by atoms with van der Waals surface area (Å²) in [6.45, 7) is 38.8. The van der Waals surface area contributed by atoms with E-state index >= 15 is 0 Å². The van der Waals surface area contributed by atoms with Gasteiger partial charge in [-0.3, -0.25) is 73.2 Å². The molecule has 114 heavy (non-hydrogen) atoms. The molecule has 0 rings (SSSR count). The van der Waals surface area contributed by atoms with Crippen LogP contribution in [0.3, 0.4) is 0 Å². The second-order valence-electron chi connectivity index (χ2n) is 28.0. The number of hydroxylamine groups is 10. The van der Waals surface area contributed by atoms with Crippen LogP contribution < -0.4 is 0 Å². The van der Waals surface area contributed by atoms with Gasteiger partial charge in [-0.15, -0.1) is 0 Å². The van der Waals surface area contributed by atoms with Crippen molar-refractivity contribution in [1.82, 2.24) is 98.8 Å². The van der Waals surface area contributed by atoms with Crippen molar-refractivity contribution in [3.8, 4) is 0 Å². The quantitative estimate of drug-likeness (QED) is 0.0221. The summed E-state index contributed by atoms with van der Waals surface area (Å²) in [5.41, 5.74) is 0. The lowest BCUT2D eigenvalue weighted by Gasteiger charge is -2.35. The van der Waals surface area contributed by atoms with E-state index in [1.807, 2.05) is 69.2 Å². The molecule has 0 aromatic carbocycles. The molecule has 0 radical (unpaired) electrons. The third-order valence-electron chi connectivity index (χ3n) is 19.5. The summed E-state index contributed by atoms with van der Waals surface area (Å²) in [5, 5.41) is 77.2. The molecule has 0 saturated heterocycles. The van der Waals surface area contributed by atoms with Crippen molar-refractivity contribution >= 4 is 29.7 Å². The Morgan fingerprint density at radius 1 is 0.184 bits per heavy atom. The molecular formula is C77H156N20O17. The molecule has 0 aromatic rings. The fraction of sp³-hybridized carbons (Fsp3) is 0.870. The summed E-state index contributed by atoms with van der Waals surface area (Å²) in [5.74, 6) is 9.19. The van der Waals surface area contributed by atoms with Crippen molar-refractivity contribution in [2.45, 2.75) is 34.6 Å². The van der Waals surface area contributed by atoms with Gasteiger partial charge < -0.3 is 60.2 Å². The zero-order valence-corrected chi connectivity index (χ0v) is 71.8. The predicted molar refractivity (Wildman–Crippen MR) is 444 cm³/mol. The molecule has 37 heteroatoms. The Balaban J connectivity index is 7.78. The monoisotopic (exact) mass is 1630 g/mol. The van der Waals surface area contributed by atoms with Gasteiger partial charge in [0.1, 0.15) is 60.7 Å². The Kier molecular flexibility index (Phi) is 73.6. The third-order valence-corrected chi connectivity index (χ3v) is 19.5. The van der Waals surface area contributed by atoms with E-state index in [9.17, 15) is 59.7 Å². The van der Waals surface area contributed by atoms with E-state index in [-0.39, 0.29) is 46.2 Å². The van der Waals surface area contributed by atoms with Crippen LogP contribution in [0.4, 0.5) is 0 Å². The first-order valence-electron chi connectivity index (χ1n) is 41.3. The Bertz CT molecular complexity index is 2420. The average Bonchev–Trinajstić information content (AvgIpc) is 0.918. The van der Waals surface area contributed by atoms with E-state index in [2.05, 4.69) is 104 Å². The van der Waals surface area contributed by atoms with Crippen LogP contribution in [0, 0.1) is 0 Å². The lowest BCUT2D eigenvalue weighted by Crippen LogP contribution is -2.48. The van der Waals surface area contributed by atoms with E-state index in [1.54, 1.807) is 0 Å². The molecule has 0 aromatic heterocycles. The van der Waals surface area contributed by atoms with E-state index < -0.39 is 0 Å². The van der Waals surface area contributed by atoms with Gasteiger partial charge in [-0.05, 0) is 69.9 Å². The normalized spacial score (nSPS) is 11.9. The summed E-state index contributed by atoms with van der Waals surface area (Å²) in [6, 6.07) is 0. The molecular weight excluding hydrogens is 1480 g/mol. The van der Waals surface area contributed by atoms with Crippen molar-refractivity contribution in [2.75, 3.05) is 409 Å². The van der Waals surface area contributed by atoms with Gasteiger partial charge in [-0.25, -0.2) is 49.3 Å². The highest BCUT2D eigenvalue weighted by atomic mass is 16.7. The minimum absolute atomic E-state index is 0.0324. The third kappa shape index (κ3) is 60.6. The molecule has 0 aliphatic rings. The number of aliphatic hydroxyl groups is 7. The number of rotatable bonds is 86. The van der Waals surface area contributed by atoms with Gasteiger partial charge in [0.25, 0.3) is 0 Å². The zero-order chi connectivity index (χ0) is 84.5. The molecule has 0 aliphatic heterocycles. The van der Waals surface area contributed by atoms with Gasteiger partial charge in [0.15, 0.2) is 0 Å². The number of hydrogen-bond acceptors (Lipinski definition) is 37. The first kappa shape index (κ1) is 109. The minimum atomic E-state index is -0.0625. The van der Waals surface area contributed by atoms with Crippen LogP contribution >= 0.6 is 0 Å². The molecule has 0 bridgehead atoms. The molecule has 0 saturated carbocycles. The Hall–Kier alpha value is -4.83. The Morgan fingerprint density at radius 2 is 0.289 bits per heavy atom. The predicted octanol–water partition coefficient (Wildman–Crippen LogP) is -5.39. The van der Waals surface area contributed by atoms with Gasteiger partial charge in [0.2, 0.25) is 0 Å². The number of nitrogens with zero attached hydrogens (tertiary/aromatic N) is 20. The van der Waals surface area contributed by atoms with Crippen molar-refractivity contribution in [3.63, 3.8) is 0 Å². The molecule has 37 nitrogen and oxygen atoms in total. The highest BCUT2D eigenvalue weighted by molar-refractivity contribution is 5.45. The van der Waals surface area contributed by atoms with Crippen LogP contribution in [0.25, 0.3) is 0 Å². The first-order valence-corrected chi connectivity index (χ1v) is 41.3. The SMILES string of the molecule is CCON(C=C=O)CCN(C)CCN(C)CCN(CCN(CCN(C)CCN(CCN(C)CCN(C)CCN(CCO)CCO)CCN(CCN(CCO)CCO)CCN(C=C=O)OCC)CCN(CCO)CCN(C=C=O)OCC)CCN(CCN(CCO)CCO)CCN(CCN(C=C=O)OCC)CCN(C=C=O)OCC. The van der Waals surface area contributed by atoms with Crippen LogP contribution in [-0.2, 0) is 48.2 Å². The van der Waals surface area contributed by atoms with Gasteiger partial charge in [0, 0.05) is 262 Å². The largest absolute Gasteiger partial charge is 0.395 e. The molecule has 666 valence electrons. The fourth-order valence-electron chi connectivity index (χ4n) is 12.3. The summed E-state index contributed by atoms with van der Waals surface area (Å²) in [6.07, 6.45) is 6.30. The summed E-state index contributed by atoms with van der Waals surface area (Å²) >= 11 is 0.